The minimum absolute atomic E-state index is 0.0148. The van der Waals surface area contributed by atoms with Crippen molar-refractivity contribution in [1.29, 1.82) is 0 Å². The second kappa shape index (κ2) is 8.28. The van der Waals surface area contributed by atoms with E-state index in [9.17, 15) is 9.59 Å². The molecule has 0 amide bonds. The Morgan fingerprint density at radius 1 is 0.714 bits per heavy atom. The van der Waals surface area contributed by atoms with Crippen molar-refractivity contribution in [1.82, 2.24) is 0 Å². The van der Waals surface area contributed by atoms with E-state index in [2.05, 4.69) is 95.2 Å². The predicted molar refractivity (Wildman–Crippen MR) is 134 cm³/mol. The van der Waals surface area contributed by atoms with Crippen molar-refractivity contribution in [3.05, 3.63) is 70.8 Å². The molecule has 1 heterocycles. The van der Waals surface area contributed by atoms with E-state index in [1.807, 2.05) is 0 Å². The van der Waals surface area contributed by atoms with Crippen molar-refractivity contribution in [3.8, 4) is 0 Å². The molecule has 1 saturated carbocycles. The van der Waals surface area contributed by atoms with Crippen molar-refractivity contribution in [2.24, 2.45) is 22.1 Å². The smallest absolute Gasteiger partial charge is 0.312 e. The van der Waals surface area contributed by atoms with E-state index >= 15 is 0 Å². The third-order valence-corrected chi connectivity index (χ3v) is 7.61. The fraction of sp³-hybridized carbons (Fsp3) is 0.517. The molecule has 2 atom stereocenters. The van der Waals surface area contributed by atoms with E-state index in [-0.39, 0.29) is 10.8 Å². The van der Waals surface area contributed by atoms with E-state index in [1.54, 1.807) is 0 Å². The van der Waals surface area contributed by atoms with Gasteiger partial charge in [-0.05, 0) is 33.1 Å². The Labute approximate surface area is 208 Å². The van der Waals surface area contributed by atoms with E-state index in [0.29, 0.717) is 6.42 Å². The first-order chi connectivity index (χ1) is 16.3. The largest absolute Gasteiger partial charge is 0.469 e. The molecule has 2 aromatic rings. The molecule has 4 rings (SSSR count). The number of ether oxygens (including phenoxy) is 2. The van der Waals surface area contributed by atoms with Crippen LogP contribution in [0.4, 0.5) is 0 Å². The lowest BCUT2D eigenvalue weighted by Crippen LogP contribution is -2.29. The number of rotatable bonds is 4. The summed E-state index contributed by atoms with van der Waals surface area (Å²) in [6, 6.07) is 16.9. The molecule has 2 aromatic carbocycles. The maximum atomic E-state index is 12.6. The molecular weight excluding hydrogens is 440 g/mol. The Balaban J connectivity index is 1.82. The van der Waals surface area contributed by atoms with Crippen LogP contribution in [0, 0.1) is 11.8 Å². The van der Waals surface area contributed by atoms with Gasteiger partial charge < -0.3 is 9.47 Å². The van der Waals surface area contributed by atoms with Gasteiger partial charge in [0.2, 0.25) is 0 Å². The summed E-state index contributed by atoms with van der Waals surface area (Å²) in [7, 11) is 2.66. The molecule has 1 aliphatic heterocycles. The maximum absolute atomic E-state index is 12.6. The van der Waals surface area contributed by atoms with Crippen LogP contribution in [-0.4, -0.2) is 31.7 Å². The highest BCUT2D eigenvalue weighted by Gasteiger charge is 2.78. The fourth-order valence-electron chi connectivity index (χ4n) is 5.34. The molecule has 0 N–H and O–H groups in total. The first kappa shape index (κ1) is 25.1. The van der Waals surface area contributed by atoms with Gasteiger partial charge in [-0.25, -0.2) is 0 Å². The van der Waals surface area contributed by atoms with Crippen molar-refractivity contribution in [2.75, 3.05) is 14.2 Å². The van der Waals surface area contributed by atoms with Gasteiger partial charge in [0, 0.05) is 6.42 Å². The zero-order valence-electron chi connectivity index (χ0n) is 22.0. The molecule has 2 aliphatic rings. The number of benzene rings is 2. The summed E-state index contributed by atoms with van der Waals surface area (Å²) in [5, 5.41) is 9.50. The summed E-state index contributed by atoms with van der Waals surface area (Å²) >= 11 is 0. The standard InChI is InChI=1S/C29H36N2O4/c1-26(2,3)18-9-13-20(14-10-18)28(21-15-11-19(12-16-21)27(4,5)6)17-29(31-30-28)22(24(32)34-7)23(29)25(33)35-8/h9-16,22-23H,17H2,1-8H3. The monoisotopic (exact) mass is 476 g/mol. The first-order valence-electron chi connectivity index (χ1n) is 12.1. The summed E-state index contributed by atoms with van der Waals surface area (Å²) in [5.41, 5.74) is 2.64. The van der Waals surface area contributed by atoms with E-state index in [0.717, 1.165) is 11.1 Å². The summed E-state index contributed by atoms with van der Waals surface area (Å²) < 4.78 is 10.0. The Morgan fingerprint density at radius 3 is 1.40 bits per heavy atom. The molecule has 186 valence electrons. The molecule has 0 saturated heterocycles. The van der Waals surface area contributed by atoms with Gasteiger partial charge in [-0.3, -0.25) is 9.59 Å². The normalized spacial score (nSPS) is 24.9. The molecule has 1 aliphatic carbocycles. The highest BCUT2D eigenvalue weighted by molar-refractivity contribution is 5.92. The third-order valence-electron chi connectivity index (χ3n) is 7.61. The molecule has 35 heavy (non-hydrogen) atoms. The number of methoxy groups -OCH3 is 2. The lowest BCUT2D eigenvalue weighted by atomic mass is 9.76. The Hall–Kier alpha value is -3.02. The van der Waals surface area contributed by atoms with E-state index < -0.39 is 34.9 Å². The molecule has 2 unspecified atom stereocenters. The van der Waals surface area contributed by atoms with Gasteiger partial charge in [0.15, 0.2) is 0 Å². The van der Waals surface area contributed by atoms with Gasteiger partial charge in [-0.2, -0.15) is 10.2 Å². The van der Waals surface area contributed by atoms with Crippen LogP contribution in [0.25, 0.3) is 0 Å². The number of hydrogen-bond donors (Lipinski definition) is 0. The van der Waals surface area contributed by atoms with Gasteiger partial charge in [-0.15, -0.1) is 0 Å². The van der Waals surface area contributed by atoms with Crippen LogP contribution >= 0.6 is 0 Å². The third kappa shape index (κ3) is 4.07. The van der Waals surface area contributed by atoms with Gasteiger partial charge in [0.05, 0.1) is 14.2 Å². The minimum Gasteiger partial charge on any atom is -0.469 e. The van der Waals surface area contributed by atoms with Crippen molar-refractivity contribution in [3.63, 3.8) is 0 Å². The topological polar surface area (TPSA) is 77.3 Å². The molecule has 0 radical (unpaired) electrons. The fourth-order valence-corrected chi connectivity index (χ4v) is 5.34. The zero-order chi connectivity index (χ0) is 25.8. The number of azo groups is 1. The Morgan fingerprint density at radius 2 is 1.09 bits per heavy atom. The SMILES string of the molecule is COC(=O)C1C(C(=O)OC)C12CC(c1ccc(C(C)(C)C)cc1)(c1ccc(C(C)(C)C)cc1)N=N2. The van der Waals surface area contributed by atoms with Gasteiger partial charge in [0.1, 0.15) is 22.9 Å². The summed E-state index contributed by atoms with van der Waals surface area (Å²) in [6.45, 7) is 13.1. The van der Waals surface area contributed by atoms with Crippen molar-refractivity contribution < 1.29 is 19.1 Å². The summed E-state index contributed by atoms with van der Waals surface area (Å²) in [6.07, 6.45) is 0.392. The van der Waals surface area contributed by atoms with Gasteiger partial charge in [-0.1, -0.05) is 90.1 Å². The Kier molecular flexibility index (Phi) is 5.94. The molecule has 1 fully saturated rings. The Bertz CT molecular complexity index is 1070. The predicted octanol–water partition coefficient (Wildman–Crippen LogP) is 5.71. The van der Waals surface area contributed by atoms with Crippen LogP contribution in [0.2, 0.25) is 0 Å². The van der Waals surface area contributed by atoms with Crippen LogP contribution < -0.4 is 0 Å². The number of esters is 2. The summed E-state index contributed by atoms with van der Waals surface area (Å²) in [5.74, 6) is -2.32. The zero-order valence-corrected chi connectivity index (χ0v) is 22.0. The summed E-state index contributed by atoms with van der Waals surface area (Å²) in [4.78, 5) is 25.3. The number of carbonyl (C=O) groups is 2. The lowest BCUT2D eigenvalue weighted by Gasteiger charge is -2.29. The average molecular weight is 477 g/mol. The average Bonchev–Trinajstić information content (AvgIpc) is 3.28. The van der Waals surface area contributed by atoms with Crippen LogP contribution in [0.1, 0.15) is 70.2 Å². The van der Waals surface area contributed by atoms with Crippen LogP contribution in [0.3, 0.4) is 0 Å². The lowest BCUT2D eigenvalue weighted by molar-refractivity contribution is -0.148. The maximum Gasteiger partial charge on any atom is 0.312 e. The number of carbonyl (C=O) groups excluding carboxylic acids is 2. The minimum atomic E-state index is -0.967. The highest BCUT2D eigenvalue weighted by atomic mass is 16.5. The van der Waals surface area contributed by atoms with Crippen LogP contribution in [-0.2, 0) is 35.4 Å². The van der Waals surface area contributed by atoms with Gasteiger partial charge in [0.25, 0.3) is 0 Å². The highest BCUT2D eigenvalue weighted by Crippen LogP contribution is 2.65. The second-order valence-electron chi connectivity index (χ2n) is 11.9. The molecule has 0 aromatic heterocycles. The quantitative estimate of drug-likeness (QED) is 0.530. The van der Waals surface area contributed by atoms with Gasteiger partial charge >= 0.3 is 11.9 Å². The molecule has 6 nitrogen and oxygen atoms in total. The van der Waals surface area contributed by atoms with Crippen LogP contribution in [0.15, 0.2) is 58.8 Å². The molecular formula is C29H36N2O4. The van der Waals surface area contributed by atoms with E-state index in [1.165, 1.54) is 25.3 Å². The second-order valence-corrected chi connectivity index (χ2v) is 11.9. The first-order valence-corrected chi connectivity index (χ1v) is 12.1. The molecule has 0 bridgehead atoms. The number of nitrogens with zero attached hydrogens (tertiary/aromatic N) is 2. The number of hydrogen-bond acceptors (Lipinski definition) is 6. The molecule has 1 spiro atoms. The van der Waals surface area contributed by atoms with E-state index in [4.69, 9.17) is 14.6 Å². The van der Waals surface area contributed by atoms with Crippen LogP contribution in [0.5, 0.6) is 0 Å². The van der Waals surface area contributed by atoms with Crippen molar-refractivity contribution in [2.45, 2.75) is 69.9 Å². The molecule has 6 heteroatoms. The van der Waals surface area contributed by atoms with Crippen molar-refractivity contribution >= 4 is 11.9 Å².